The van der Waals surface area contributed by atoms with Gasteiger partial charge in [0.1, 0.15) is 17.4 Å². The van der Waals surface area contributed by atoms with Crippen molar-refractivity contribution in [1.29, 1.82) is 0 Å². The van der Waals surface area contributed by atoms with Crippen LogP contribution in [0.3, 0.4) is 0 Å². The molecule has 2 aromatic rings. The number of hydrogen-bond donors (Lipinski definition) is 1. The molecule has 0 aliphatic rings. The van der Waals surface area contributed by atoms with E-state index in [-0.39, 0.29) is 6.61 Å². The van der Waals surface area contributed by atoms with E-state index in [4.69, 9.17) is 11.2 Å². The number of para-hydroxylation sites is 1. The van der Waals surface area contributed by atoms with E-state index in [1.807, 2.05) is 24.3 Å². The highest BCUT2D eigenvalue weighted by Crippen LogP contribution is 2.20. The standard InChI is InChI=1S/C12H11N3OS/c1-2-7-16-11-6-4-3-5-10(11)8-13-12-9-14-15-17-12/h1,3-6,9,13H,7-8H2. The Bertz CT molecular complexity index is 505. The van der Waals surface area contributed by atoms with Gasteiger partial charge in [0.05, 0.1) is 6.20 Å². The van der Waals surface area contributed by atoms with Gasteiger partial charge in [0, 0.05) is 23.6 Å². The highest BCUT2D eigenvalue weighted by atomic mass is 32.1. The van der Waals surface area contributed by atoms with Crippen molar-refractivity contribution in [2.75, 3.05) is 11.9 Å². The van der Waals surface area contributed by atoms with Crippen LogP contribution in [0.1, 0.15) is 5.56 Å². The van der Waals surface area contributed by atoms with Gasteiger partial charge in [-0.25, -0.2) is 0 Å². The Labute approximate surface area is 104 Å². The van der Waals surface area contributed by atoms with Crippen LogP contribution in [-0.2, 0) is 6.54 Å². The summed E-state index contributed by atoms with van der Waals surface area (Å²) in [5.41, 5.74) is 1.05. The van der Waals surface area contributed by atoms with Crippen LogP contribution < -0.4 is 10.1 Å². The summed E-state index contributed by atoms with van der Waals surface area (Å²) in [5.74, 6) is 3.25. The molecule has 0 saturated carbocycles. The van der Waals surface area contributed by atoms with E-state index in [0.717, 1.165) is 16.3 Å². The van der Waals surface area contributed by atoms with Crippen LogP contribution >= 0.6 is 11.5 Å². The first-order valence-electron chi connectivity index (χ1n) is 5.05. The summed E-state index contributed by atoms with van der Waals surface area (Å²) in [6.45, 7) is 0.934. The van der Waals surface area contributed by atoms with Gasteiger partial charge in [-0.3, -0.25) is 0 Å². The molecule has 0 fully saturated rings. The maximum absolute atomic E-state index is 5.45. The molecule has 2 rings (SSSR count). The molecule has 0 aliphatic heterocycles. The molecule has 0 aliphatic carbocycles. The molecule has 0 radical (unpaired) electrons. The molecule has 0 atom stereocenters. The van der Waals surface area contributed by atoms with E-state index in [1.165, 1.54) is 11.5 Å². The molecule has 0 unspecified atom stereocenters. The molecule has 1 N–H and O–H groups in total. The molecular weight excluding hydrogens is 234 g/mol. The zero-order valence-electron chi connectivity index (χ0n) is 9.09. The van der Waals surface area contributed by atoms with Crippen molar-refractivity contribution in [2.45, 2.75) is 6.54 Å². The molecule has 0 spiro atoms. The van der Waals surface area contributed by atoms with Crippen LogP contribution in [0.25, 0.3) is 0 Å². The average Bonchev–Trinajstić information content (AvgIpc) is 2.88. The minimum Gasteiger partial charge on any atom is -0.481 e. The number of ether oxygens (including phenoxy) is 1. The molecule has 0 amide bonds. The molecule has 17 heavy (non-hydrogen) atoms. The first-order chi connectivity index (χ1) is 8.40. The lowest BCUT2D eigenvalue weighted by Gasteiger charge is -2.09. The lowest BCUT2D eigenvalue weighted by molar-refractivity contribution is 0.366. The lowest BCUT2D eigenvalue weighted by atomic mass is 10.2. The second-order valence-corrected chi connectivity index (χ2v) is 4.02. The number of nitrogens with one attached hydrogen (secondary N) is 1. The summed E-state index contributed by atoms with van der Waals surface area (Å²) < 4.78 is 9.23. The van der Waals surface area contributed by atoms with Gasteiger partial charge in [-0.1, -0.05) is 28.6 Å². The number of aromatic nitrogens is 2. The van der Waals surface area contributed by atoms with Gasteiger partial charge >= 0.3 is 0 Å². The molecule has 1 heterocycles. The minimum absolute atomic E-state index is 0.277. The third-order valence-corrected chi connectivity index (χ3v) is 2.72. The Morgan fingerprint density at radius 3 is 3.06 bits per heavy atom. The largest absolute Gasteiger partial charge is 0.481 e. The van der Waals surface area contributed by atoms with Crippen LogP contribution in [0.15, 0.2) is 30.5 Å². The first kappa shape index (κ1) is 11.4. The molecule has 4 nitrogen and oxygen atoms in total. The number of benzene rings is 1. The topological polar surface area (TPSA) is 47.0 Å². The fraction of sp³-hybridized carbons (Fsp3) is 0.167. The zero-order valence-corrected chi connectivity index (χ0v) is 9.91. The molecular formula is C12H11N3OS. The van der Waals surface area contributed by atoms with Gasteiger partial charge in [-0.05, 0) is 6.07 Å². The predicted molar refractivity (Wildman–Crippen MR) is 68.0 cm³/mol. The van der Waals surface area contributed by atoms with Crippen LogP contribution in [0.4, 0.5) is 5.00 Å². The van der Waals surface area contributed by atoms with Crippen molar-refractivity contribution >= 4 is 16.5 Å². The molecule has 5 heteroatoms. The van der Waals surface area contributed by atoms with Crippen LogP contribution in [-0.4, -0.2) is 16.2 Å². The van der Waals surface area contributed by atoms with E-state index >= 15 is 0 Å². The van der Waals surface area contributed by atoms with Crippen molar-refractivity contribution in [3.8, 4) is 18.1 Å². The fourth-order valence-electron chi connectivity index (χ4n) is 1.34. The van der Waals surface area contributed by atoms with Crippen LogP contribution in [0, 0.1) is 12.3 Å². The number of rotatable bonds is 5. The molecule has 1 aromatic heterocycles. The summed E-state index contributed by atoms with van der Waals surface area (Å²) in [7, 11) is 0. The van der Waals surface area contributed by atoms with E-state index in [9.17, 15) is 0 Å². The Kier molecular flexibility index (Phi) is 3.95. The highest BCUT2D eigenvalue weighted by molar-refractivity contribution is 7.09. The van der Waals surface area contributed by atoms with Crippen molar-refractivity contribution < 1.29 is 4.74 Å². The van der Waals surface area contributed by atoms with Gasteiger partial charge < -0.3 is 10.1 Å². The molecule has 86 valence electrons. The summed E-state index contributed by atoms with van der Waals surface area (Å²) in [6, 6.07) is 7.78. The third-order valence-electron chi connectivity index (χ3n) is 2.10. The van der Waals surface area contributed by atoms with Crippen molar-refractivity contribution in [1.82, 2.24) is 9.59 Å². The van der Waals surface area contributed by atoms with Gasteiger partial charge in [0.15, 0.2) is 0 Å². The normalized spacial score (nSPS) is 9.59. The number of nitrogens with zero attached hydrogens (tertiary/aromatic N) is 2. The Morgan fingerprint density at radius 1 is 1.41 bits per heavy atom. The monoisotopic (exact) mass is 245 g/mol. The van der Waals surface area contributed by atoms with E-state index in [2.05, 4.69) is 20.8 Å². The van der Waals surface area contributed by atoms with Gasteiger partial charge in [-0.2, -0.15) is 0 Å². The average molecular weight is 245 g/mol. The Hall–Kier alpha value is -2.06. The maximum atomic E-state index is 5.45. The minimum atomic E-state index is 0.277. The Morgan fingerprint density at radius 2 is 2.29 bits per heavy atom. The summed E-state index contributed by atoms with van der Waals surface area (Å²) in [6.07, 6.45) is 6.86. The summed E-state index contributed by atoms with van der Waals surface area (Å²) in [4.78, 5) is 0. The summed E-state index contributed by atoms with van der Waals surface area (Å²) in [5, 5.41) is 7.90. The third kappa shape index (κ3) is 3.20. The molecule has 0 bridgehead atoms. The smallest absolute Gasteiger partial charge is 0.148 e. The number of anilines is 1. The molecule has 1 aromatic carbocycles. The maximum Gasteiger partial charge on any atom is 0.148 e. The van der Waals surface area contributed by atoms with E-state index < -0.39 is 0 Å². The lowest BCUT2D eigenvalue weighted by Crippen LogP contribution is -2.02. The zero-order chi connectivity index (χ0) is 11.9. The van der Waals surface area contributed by atoms with Crippen molar-refractivity contribution in [3.63, 3.8) is 0 Å². The van der Waals surface area contributed by atoms with Gasteiger partial charge in [0.2, 0.25) is 0 Å². The van der Waals surface area contributed by atoms with Crippen molar-refractivity contribution in [3.05, 3.63) is 36.0 Å². The SMILES string of the molecule is C#CCOc1ccccc1CNc1cnns1. The quantitative estimate of drug-likeness (QED) is 0.820. The fourth-order valence-corrected chi connectivity index (χ4v) is 1.75. The Balaban J connectivity index is 2.02. The number of hydrogen-bond acceptors (Lipinski definition) is 5. The predicted octanol–water partition coefficient (Wildman–Crippen LogP) is 2.16. The second kappa shape index (κ2) is 5.87. The highest BCUT2D eigenvalue weighted by Gasteiger charge is 2.03. The van der Waals surface area contributed by atoms with Crippen LogP contribution in [0.2, 0.25) is 0 Å². The summed E-state index contributed by atoms with van der Waals surface area (Å²) >= 11 is 1.32. The van der Waals surface area contributed by atoms with Crippen molar-refractivity contribution in [2.24, 2.45) is 0 Å². The van der Waals surface area contributed by atoms with E-state index in [0.29, 0.717) is 6.54 Å². The molecule has 0 saturated heterocycles. The van der Waals surface area contributed by atoms with Gasteiger partial charge in [0.25, 0.3) is 0 Å². The first-order valence-corrected chi connectivity index (χ1v) is 5.83. The number of terminal acetylenes is 1. The van der Waals surface area contributed by atoms with Gasteiger partial charge in [-0.15, -0.1) is 11.5 Å². The van der Waals surface area contributed by atoms with Crippen LogP contribution in [0.5, 0.6) is 5.75 Å². The van der Waals surface area contributed by atoms with E-state index in [1.54, 1.807) is 6.20 Å². The second-order valence-electron chi connectivity index (χ2n) is 3.24.